The fourth-order valence-corrected chi connectivity index (χ4v) is 2.64. The van der Waals surface area contributed by atoms with Gasteiger partial charge in [-0.15, -0.1) is 0 Å². The second-order valence-electron chi connectivity index (χ2n) is 5.53. The Balaban J connectivity index is 1.99. The first kappa shape index (κ1) is 16.1. The third kappa shape index (κ3) is 2.98. The largest absolute Gasteiger partial charge is 0.497 e. The fraction of sp³-hybridized carbons (Fsp3) is 0.211. The lowest BCUT2D eigenvalue weighted by atomic mass is 10.1. The lowest BCUT2D eigenvalue weighted by molar-refractivity contribution is 0.395. The van der Waals surface area contributed by atoms with Crippen molar-refractivity contribution in [1.29, 1.82) is 0 Å². The maximum atomic E-state index is 5.80. The molecule has 0 aliphatic carbocycles. The van der Waals surface area contributed by atoms with Gasteiger partial charge in [-0.2, -0.15) is 5.10 Å². The Kier molecular flexibility index (Phi) is 4.53. The minimum Gasteiger partial charge on any atom is -0.497 e. The molecule has 0 aliphatic heterocycles. The molecule has 0 bridgehead atoms. The van der Waals surface area contributed by atoms with Gasteiger partial charge in [0.1, 0.15) is 11.5 Å². The number of ether oxygens (including phenoxy) is 2. The van der Waals surface area contributed by atoms with Crippen LogP contribution in [0.3, 0.4) is 0 Å². The van der Waals surface area contributed by atoms with Crippen LogP contribution in [0.15, 0.2) is 48.7 Å². The molecule has 0 amide bonds. The zero-order valence-corrected chi connectivity index (χ0v) is 14.1. The molecular weight excluding hydrogens is 302 g/mol. The number of nitrogens with zero attached hydrogens (tertiary/aromatic N) is 2. The van der Waals surface area contributed by atoms with Gasteiger partial charge in [0.25, 0.3) is 0 Å². The van der Waals surface area contributed by atoms with Crippen molar-refractivity contribution < 1.29 is 9.47 Å². The summed E-state index contributed by atoms with van der Waals surface area (Å²) in [6, 6.07) is 13.8. The summed E-state index contributed by atoms with van der Waals surface area (Å²) in [6.45, 7) is 2.57. The van der Waals surface area contributed by atoms with Gasteiger partial charge in [-0.3, -0.25) is 0 Å². The van der Waals surface area contributed by atoms with E-state index in [1.807, 2.05) is 41.2 Å². The summed E-state index contributed by atoms with van der Waals surface area (Å²) in [7, 11) is 3.28. The molecule has 3 rings (SSSR count). The van der Waals surface area contributed by atoms with Crippen molar-refractivity contribution in [3.63, 3.8) is 0 Å². The molecule has 1 heterocycles. The molecule has 0 spiro atoms. The number of nitrogens with two attached hydrogens (primary N) is 1. The number of hydrogen-bond acceptors (Lipinski definition) is 4. The van der Waals surface area contributed by atoms with Crippen LogP contribution in [-0.4, -0.2) is 24.0 Å². The van der Waals surface area contributed by atoms with E-state index in [9.17, 15) is 0 Å². The highest BCUT2D eigenvalue weighted by Crippen LogP contribution is 2.32. The summed E-state index contributed by atoms with van der Waals surface area (Å²) < 4.78 is 12.5. The molecule has 0 radical (unpaired) electrons. The normalized spacial score (nSPS) is 10.7. The van der Waals surface area contributed by atoms with Gasteiger partial charge < -0.3 is 15.2 Å². The van der Waals surface area contributed by atoms with E-state index in [0.717, 1.165) is 34.0 Å². The van der Waals surface area contributed by atoms with E-state index < -0.39 is 0 Å². The lowest BCUT2D eigenvalue weighted by Gasteiger charge is -2.09. The van der Waals surface area contributed by atoms with E-state index >= 15 is 0 Å². The van der Waals surface area contributed by atoms with Crippen molar-refractivity contribution in [1.82, 2.24) is 9.78 Å². The SMILES string of the molecule is COc1ccc(-c2ccn(-c3ccc(C)c(CN)c3)n2)c(OC)c1. The Morgan fingerprint density at radius 3 is 2.58 bits per heavy atom. The number of aromatic nitrogens is 2. The van der Waals surface area contributed by atoms with Crippen LogP contribution in [0.4, 0.5) is 0 Å². The highest BCUT2D eigenvalue weighted by atomic mass is 16.5. The van der Waals surface area contributed by atoms with Crippen LogP contribution in [0.2, 0.25) is 0 Å². The molecule has 24 heavy (non-hydrogen) atoms. The van der Waals surface area contributed by atoms with Crippen LogP contribution < -0.4 is 15.2 Å². The average molecular weight is 323 g/mol. The Hall–Kier alpha value is -2.79. The molecule has 5 nitrogen and oxygen atoms in total. The van der Waals surface area contributed by atoms with Gasteiger partial charge in [-0.25, -0.2) is 4.68 Å². The van der Waals surface area contributed by atoms with E-state index in [-0.39, 0.29) is 0 Å². The predicted octanol–water partition coefficient (Wildman–Crippen LogP) is 3.32. The Morgan fingerprint density at radius 1 is 1.04 bits per heavy atom. The number of rotatable bonds is 5. The molecule has 0 fully saturated rings. The molecule has 5 heteroatoms. The predicted molar refractivity (Wildman–Crippen MR) is 94.7 cm³/mol. The van der Waals surface area contributed by atoms with Gasteiger partial charge >= 0.3 is 0 Å². The molecule has 0 unspecified atom stereocenters. The Morgan fingerprint density at radius 2 is 1.88 bits per heavy atom. The van der Waals surface area contributed by atoms with Crippen LogP contribution in [-0.2, 0) is 6.54 Å². The molecule has 124 valence electrons. The van der Waals surface area contributed by atoms with Crippen molar-refractivity contribution in [3.8, 4) is 28.4 Å². The third-order valence-corrected chi connectivity index (χ3v) is 4.09. The maximum Gasteiger partial charge on any atom is 0.132 e. The van der Waals surface area contributed by atoms with E-state index in [2.05, 4.69) is 24.2 Å². The molecule has 2 N–H and O–H groups in total. The van der Waals surface area contributed by atoms with Crippen molar-refractivity contribution >= 4 is 0 Å². The third-order valence-electron chi connectivity index (χ3n) is 4.09. The monoisotopic (exact) mass is 323 g/mol. The second kappa shape index (κ2) is 6.76. The summed E-state index contributed by atoms with van der Waals surface area (Å²) in [5.74, 6) is 1.48. The Labute approximate surface area is 141 Å². The zero-order valence-electron chi connectivity index (χ0n) is 14.1. The quantitative estimate of drug-likeness (QED) is 0.782. The summed E-state index contributed by atoms with van der Waals surface area (Å²) in [5, 5.41) is 4.67. The first-order chi connectivity index (χ1) is 11.7. The molecular formula is C19H21N3O2. The summed E-state index contributed by atoms with van der Waals surface area (Å²) in [5.41, 5.74) is 10.8. The van der Waals surface area contributed by atoms with Crippen LogP contribution in [0.1, 0.15) is 11.1 Å². The number of methoxy groups -OCH3 is 2. The highest BCUT2D eigenvalue weighted by Gasteiger charge is 2.11. The molecule has 0 atom stereocenters. The van der Waals surface area contributed by atoms with E-state index in [1.54, 1.807) is 14.2 Å². The van der Waals surface area contributed by atoms with Crippen LogP contribution in [0.5, 0.6) is 11.5 Å². The summed E-state index contributed by atoms with van der Waals surface area (Å²) in [4.78, 5) is 0. The van der Waals surface area contributed by atoms with E-state index in [1.165, 1.54) is 5.56 Å². The van der Waals surface area contributed by atoms with Crippen LogP contribution in [0.25, 0.3) is 16.9 Å². The Bertz CT molecular complexity index is 856. The van der Waals surface area contributed by atoms with Gasteiger partial charge in [0.05, 0.1) is 25.6 Å². The standard InChI is InChI=1S/C19H21N3O2/c1-13-4-5-15(10-14(13)12-20)22-9-8-18(21-22)17-7-6-16(23-2)11-19(17)24-3/h4-11H,12,20H2,1-3H3. The van der Waals surface area contributed by atoms with Gasteiger partial charge in [0, 0.05) is 24.4 Å². The minimum atomic E-state index is 0.514. The highest BCUT2D eigenvalue weighted by molar-refractivity contribution is 5.68. The van der Waals surface area contributed by atoms with Gasteiger partial charge in [0.15, 0.2) is 0 Å². The smallest absolute Gasteiger partial charge is 0.132 e. The molecule has 0 saturated carbocycles. The van der Waals surface area contributed by atoms with Crippen molar-refractivity contribution in [2.24, 2.45) is 5.73 Å². The number of aryl methyl sites for hydroxylation is 1. The molecule has 2 aromatic carbocycles. The first-order valence-electron chi connectivity index (χ1n) is 7.74. The van der Waals surface area contributed by atoms with Gasteiger partial charge in [0.2, 0.25) is 0 Å². The fourth-order valence-electron chi connectivity index (χ4n) is 2.64. The van der Waals surface area contributed by atoms with E-state index in [0.29, 0.717) is 6.54 Å². The number of benzene rings is 2. The minimum absolute atomic E-state index is 0.514. The van der Waals surface area contributed by atoms with Crippen molar-refractivity contribution in [2.45, 2.75) is 13.5 Å². The van der Waals surface area contributed by atoms with E-state index in [4.69, 9.17) is 15.2 Å². The maximum absolute atomic E-state index is 5.80. The molecule has 3 aromatic rings. The first-order valence-corrected chi connectivity index (χ1v) is 7.74. The average Bonchev–Trinajstić information content (AvgIpc) is 3.11. The summed E-state index contributed by atoms with van der Waals surface area (Å²) in [6.07, 6.45) is 1.93. The van der Waals surface area contributed by atoms with Crippen LogP contribution >= 0.6 is 0 Å². The topological polar surface area (TPSA) is 62.3 Å². The van der Waals surface area contributed by atoms with Gasteiger partial charge in [-0.1, -0.05) is 6.07 Å². The van der Waals surface area contributed by atoms with Gasteiger partial charge in [-0.05, 0) is 48.4 Å². The van der Waals surface area contributed by atoms with Crippen LogP contribution in [0, 0.1) is 6.92 Å². The molecule has 0 aliphatic rings. The molecule has 1 aromatic heterocycles. The zero-order chi connectivity index (χ0) is 17.1. The number of hydrogen-bond donors (Lipinski definition) is 1. The molecule has 0 saturated heterocycles. The summed E-state index contributed by atoms with van der Waals surface area (Å²) >= 11 is 0. The second-order valence-corrected chi connectivity index (χ2v) is 5.53. The van der Waals surface area contributed by atoms with Crippen molar-refractivity contribution in [3.05, 3.63) is 59.8 Å². The van der Waals surface area contributed by atoms with Crippen molar-refractivity contribution in [2.75, 3.05) is 14.2 Å². The lowest BCUT2D eigenvalue weighted by Crippen LogP contribution is -2.02.